The number of carbonyl (C=O) groups is 1. The van der Waals surface area contributed by atoms with Crippen molar-refractivity contribution in [1.82, 2.24) is 14.8 Å². The van der Waals surface area contributed by atoms with E-state index in [2.05, 4.69) is 41.1 Å². The number of thiazole rings is 1. The maximum Gasteiger partial charge on any atom is 0.254 e. The van der Waals surface area contributed by atoms with Crippen LogP contribution in [-0.4, -0.2) is 46.9 Å². The highest BCUT2D eigenvalue weighted by Gasteiger charge is 2.22. The number of carbonyl (C=O) groups excluding carboxylic acids is 1. The number of rotatable bonds is 6. The summed E-state index contributed by atoms with van der Waals surface area (Å²) in [6.45, 7) is 6.74. The van der Waals surface area contributed by atoms with E-state index in [1.54, 1.807) is 16.8 Å². The summed E-state index contributed by atoms with van der Waals surface area (Å²) < 4.78 is 5.79. The molecule has 2 aromatic carbocycles. The van der Waals surface area contributed by atoms with Crippen LogP contribution in [-0.2, 0) is 13.2 Å². The van der Waals surface area contributed by atoms with E-state index < -0.39 is 0 Å². The second-order valence-corrected chi connectivity index (χ2v) is 8.07. The van der Waals surface area contributed by atoms with Crippen molar-refractivity contribution >= 4 is 17.2 Å². The Kier molecular flexibility index (Phi) is 6.22. The molecule has 1 saturated heterocycles. The molecule has 0 bridgehead atoms. The van der Waals surface area contributed by atoms with Crippen LogP contribution in [0, 0.1) is 6.92 Å². The third-order valence-electron chi connectivity index (χ3n) is 5.10. The van der Waals surface area contributed by atoms with Gasteiger partial charge in [0.1, 0.15) is 12.4 Å². The van der Waals surface area contributed by atoms with Gasteiger partial charge in [-0.25, -0.2) is 4.98 Å². The summed E-state index contributed by atoms with van der Waals surface area (Å²) in [4.78, 5) is 21.5. The number of hydrogen-bond donors (Lipinski definition) is 0. The molecule has 1 fully saturated rings. The summed E-state index contributed by atoms with van der Waals surface area (Å²) in [6.07, 6.45) is 0. The van der Waals surface area contributed by atoms with E-state index in [-0.39, 0.29) is 5.91 Å². The second kappa shape index (κ2) is 9.20. The summed E-state index contributed by atoms with van der Waals surface area (Å²) in [6, 6.07) is 16.1. The van der Waals surface area contributed by atoms with Gasteiger partial charge in [-0.15, -0.1) is 11.3 Å². The average Bonchev–Trinajstić information content (AvgIpc) is 3.26. The van der Waals surface area contributed by atoms with Crippen molar-refractivity contribution in [2.24, 2.45) is 0 Å². The lowest BCUT2D eigenvalue weighted by Crippen LogP contribution is -2.48. The van der Waals surface area contributed by atoms with Gasteiger partial charge < -0.3 is 9.64 Å². The van der Waals surface area contributed by atoms with Gasteiger partial charge in [0.05, 0.1) is 11.2 Å². The molecule has 0 saturated carbocycles. The van der Waals surface area contributed by atoms with Crippen molar-refractivity contribution in [2.75, 3.05) is 26.2 Å². The predicted octanol–water partition coefficient (Wildman–Crippen LogP) is 3.99. The molecular weight excluding hydrogens is 382 g/mol. The highest BCUT2D eigenvalue weighted by atomic mass is 32.1. The maximum atomic E-state index is 12.9. The van der Waals surface area contributed by atoms with Gasteiger partial charge in [-0.3, -0.25) is 9.69 Å². The molecule has 1 amide bonds. The molecule has 0 unspecified atom stereocenters. The number of piperazine rings is 1. The minimum atomic E-state index is 0.0688. The van der Waals surface area contributed by atoms with Crippen molar-refractivity contribution in [1.29, 1.82) is 0 Å². The van der Waals surface area contributed by atoms with Crippen LogP contribution in [0.2, 0.25) is 0 Å². The van der Waals surface area contributed by atoms with Gasteiger partial charge in [0.25, 0.3) is 5.91 Å². The Morgan fingerprint density at radius 2 is 1.93 bits per heavy atom. The largest absolute Gasteiger partial charge is 0.487 e. The number of aryl methyl sites for hydroxylation is 1. The molecule has 0 N–H and O–H groups in total. The first kappa shape index (κ1) is 19.6. The number of benzene rings is 2. The average molecular weight is 408 g/mol. The summed E-state index contributed by atoms with van der Waals surface area (Å²) >= 11 is 1.55. The first-order chi connectivity index (χ1) is 14.2. The molecule has 6 heteroatoms. The minimum Gasteiger partial charge on any atom is -0.487 e. The summed E-state index contributed by atoms with van der Waals surface area (Å²) in [5.41, 5.74) is 5.98. The number of nitrogens with zero attached hydrogens (tertiary/aromatic N) is 3. The maximum absolute atomic E-state index is 12.9. The van der Waals surface area contributed by atoms with E-state index >= 15 is 0 Å². The lowest BCUT2D eigenvalue weighted by molar-refractivity contribution is 0.0628. The van der Waals surface area contributed by atoms with Crippen molar-refractivity contribution in [3.05, 3.63) is 81.8 Å². The number of amides is 1. The molecule has 1 aliphatic rings. The quantitative estimate of drug-likeness (QED) is 0.620. The number of ether oxygens (including phenoxy) is 1. The van der Waals surface area contributed by atoms with Gasteiger partial charge in [0.2, 0.25) is 0 Å². The fraction of sp³-hybridized carbons (Fsp3) is 0.304. The molecule has 4 rings (SSSR count). The molecule has 0 aliphatic carbocycles. The zero-order chi connectivity index (χ0) is 20.1. The van der Waals surface area contributed by atoms with Crippen LogP contribution >= 0.6 is 11.3 Å². The highest BCUT2D eigenvalue weighted by Crippen LogP contribution is 2.18. The Morgan fingerprint density at radius 1 is 1.10 bits per heavy atom. The summed E-state index contributed by atoms with van der Waals surface area (Å²) in [7, 11) is 0. The number of hydrogen-bond acceptors (Lipinski definition) is 5. The zero-order valence-corrected chi connectivity index (χ0v) is 17.4. The first-order valence-electron chi connectivity index (χ1n) is 9.84. The SMILES string of the molecule is Cc1cccc(CN2CCN(C(=O)c3cccc(OCc4cscn4)c3)CC2)c1. The lowest BCUT2D eigenvalue weighted by atomic mass is 10.1. The molecule has 0 spiro atoms. The Balaban J connectivity index is 1.31. The van der Waals surface area contributed by atoms with Crippen molar-refractivity contribution in [2.45, 2.75) is 20.1 Å². The van der Waals surface area contributed by atoms with Crippen LogP contribution in [0.25, 0.3) is 0 Å². The summed E-state index contributed by atoms with van der Waals surface area (Å²) in [5.74, 6) is 0.765. The monoisotopic (exact) mass is 407 g/mol. The fourth-order valence-corrected chi connectivity index (χ4v) is 4.09. The molecule has 5 nitrogen and oxygen atoms in total. The van der Waals surface area contributed by atoms with Crippen molar-refractivity contribution < 1.29 is 9.53 Å². The van der Waals surface area contributed by atoms with Gasteiger partial charge in [0, 0.05) is 43.7 Å². The Hall–Kier alpha value is -2.70. The topological polar surface area (TPSA) is 45.7 Å². The molecule has 150 valence electrons. The molecule has 2 heterocycles. The van der Waals surface area contributed by atoms with Gasteiger partial charge in [-0.05, 0) is 30.7 Å². The van der Waals surface area contributed by atoms with E-state index in [0.29, 0.717) is 17.9 Å². The second-order valence-electron chi connectivity index (χ2n) is 7.35. The highest BCUT2D eigenvalue weighted by molar-refractivity contribution is 7.07. The smallest absolute Gasteiger partial charge is 0.254 e. The third kappa shape index (κ3) is 5.22. The third-order valence-corrected chi connectivity index (χ3v) is 5.73. The Bertz CT molecular complexity index is 950. The molecule has 1 aliphatic heterocycles. The summed E-state index contributed by atoms with van der Waals surface area (Å²) in [5, 5.41) is 1.96. The normalized spacial score (nSPS) is 14.7. The van der Waals surface area contributed by atoms with Crippen LogP contribution in [0.15, 0.2) is 59.4 Å². The molecule has 3 aromatic rings. The van der Waals surface area contributed by atoms with Crippen LogP contribution in [0.5, 0.6) is 5.75 Å². The van der Waals surface area contributed by atoms with Gasteiger partial charge in [0.15, 0.2) is 0 Å². The van der Waals surface area contributed by atoms with Gasteiger partial charge in [-0.2, -0.15) is 0 Å². The zero-order valence-electron chi connectivity index (χ0n) is 16.6. The standard InChI is InChI=1S/C23H25N3O2S/c1-18-4-2-5-19(12-18)14-25-8-10-26(11-9-25)23(27)20-6-3-7-22(13-20)28-15-21-16-29-17-24-21/h2-7,12-13,16-17H,8-11,14-15H2,1H3. The van der Waals surface area contributed by atoms with E-state index in [1.807, 2.05) is 34.5 Å². The van der Waals surface area contributed by atoms with Crippen molar-refractivity contribution in [3.63, 3.8) is 0 Å². The van der Waals surface area contributed by atoms with Crippen LogP contribution < -0.4 is 4.74 Å². The first-order valence-corrected chi connectivity index (χ1v) is 10.8. The van der Waals surface area contributed by atoms with E-state index in [4.69, 9.17) is 4.74 Å². The molecule has 29 heavy (non-hydrogen) atoms. The van der Waals surface area contributed by atoms with Crippen LogP contribution in [0.4, 0.5) is 0 Å². The molecule has 0 atom stereocenters. The van der Waals surface area contributed by atoms with Crippen LogP contribution in [0.3, 0.4) is 0 Å². The van der Waals surface area contributed by atoms with E-state index in [0.717, 1.165) is 38.4 Å². The Morgan fingerprint density at radius 3 is 2.69 bits per heavy atom. The van der Waals surface area contributed by atoms with E-state index in [1.165, 1.54) is 11.1 Å². The predicted molar refractivity (Wildman–Crippen MR) is 115 cm³/mol. The van der Waals surface area contributed by atoms with Gasteiger partial charge >= 0.3 is 0 Å². The van der Waals surface area contributed by atoms with Crippen molar-refractivity contribution in [3.8, 4) is 5.75 Å². The molecule has 1 aromatic heterocycles. The minimum absolute atomic E-state index is 0.0688. The molecule has 0 radical (unpaired) electrons. The van der Waals surface area contributed by atoms with E-state index in [9.17, 15) is 4.79 Å². The van der Waals surface area contributed by atoms with Gasteiger partial charge in [-0.1, -0.05) is 35.9 Å². The Labute approximate surface area is 175 Å². The fourth-order valence-electron chi connectivity index (χ4n) is 3.55. The van der Waals surface area contributed by atoms with Crippen LogP contribution in [0.1, 0.15) is 27.2 Å². The molecular formula is C23H25N3O2S. The number of aromatic nitrogens is 1. The lowest BCUT2D eigenvalue weighted by Gasteiger charge is -2.35.